The first kappa shape index (κ1) is 16.3. The highest BCUT2D eigenvalue weighted by Crippen LogP contribution is 2.45. The summed E-state index contributed by atoms with van der Waals surface area (Å²) in [6, 6.07) is 8.01. The van der Waals surface area contributed by atoms with E-state index in [1.165, 1.54) is 0 Å². The summed E-state index contributed by atoms with van der Waals surface area (Å²) in [6.45, 7) is 0.230. The fraction of sp³-hybridized carbons (Fsp3) is 0.421. The van der Waals surface area contributed by atoms with Crippen LogP contribution < -0.4 is 5.32 Å². The minimum Gasteiger partial charge on any atom is -0.481 e. The van der Waals surface area contributed by atoms with Gasteiger partial charge in [0.25, 0.3) is 0 Å². The van der Waals surface area contributed by atoms with Crippen molar-refractivity contribution in [3.8, 4) is 0 Å². The third-order valence-electron chi connectivity index (χ3n) is 5.31. The Morgan fingerprint density at radius 1 is 1.24 bits per heavy atom. The molecule has 2 N–H and O–H groups in total. The number of rotatable bonds is 5. The van der Waals surface area contributed by atoms with E-state index < -0.39 is 11.4 Å². The molecule has 2 aliphatic rings. The number of benzene rings is 1. The van der Waals surface area contributed by atoms with E-state index in [4.69, 9.17) is 4.98 Å². The maximum atomic E-state index is 12.7. The third-order valence-corrected chi connectivity index (χ3v) is 6.47. The summed E-state index contributed by atoms with van der Waals surface area (Å²) in [7, 11) is 0. The van der Waals surface area contributed by atoms with Crippen molar-refractivity contribution in [2.24, 2.45) is 11.3 Å². The average Bonchev–Trinajstić information content (AvgIpc) is 3.31. The normalized spacial score (nSPS) is 24.2. The van der Waals surface area contributed by atoms with E-state index in [1.54, 1.807) is 11.3 Å². The lowest BCUT2D eigenvalue weighted by Gasteiger charge is -2.26. The highest BCUT2D eigenvalue weighted by atomic mass is 32.1. The zero-order valence-corrected chi connectivity index (χ0v) is 14.6. The molecule has 2 atom stereocenters. The number of carboxylic acids is 1. The summed E-state index contributed by atoms with van der Waals surface area (Å²) < 4.78 is 1.13. The van der Waals surface area contributed by atoms with E-state index in [2.05, 4.69) is 11.4 Å². The molecule has 1 amide bonds. The second kappa shape index (κ2) is 6.26. The van der Waals surface area contributed by atoms with E-state index in [-0.39, 0.29) is 24.3 Å². The van der Waals surface area contributed by atoms with Gasteiger partial charge in [0.1, 0.15) is 0 Å². The number of fused-ring (bicyclic) bond motifs is 1. The Kier molecular flexibility index (Phi) is 4.07. The Morgan fingerprint density at radius 2 is 2.00 bits per heavy atom. The summed E-state index contributed by atoms with van der Waals surface area (Å²) in [6.07, 6.45) is 6.91. The van der Waals surface area contributed by atoms with Crippen LogP contribution in [0.3, 0.4) is 0 Å². The van der Waals surface area contributed by atoms with Crippen molar-refractivity contribution in [3.63, 3.8) is 0 Å². The van der Waals surface area contributed by atoms with Gasteiger partial charge in [0, 0.05) is 12.5 Å². The van der Waals surface area contributed by atoms with Gasteiger partial charge in [-0.2, -0.15) is 0 Å². The minimum atomic E-state index is -0.806. The van der Waals surface area contributed by atoms with Crippen LogP contribution in [0.2, 0.25) is 0 Å². The Labute approximate surface area is 149 Å². The first-order chi connectivity index (χ1) is 12.1. The van der Waals surface area contributed by atoms with Gasteiger partial charge in [-0.1, -0.05) is 24.3 Å². The van der Waals surface area contributed by atoms with Gasteiger partial charge in [-0.05, 0) is 37.8 Å². The molecule has 1 saturated carbocycles. The van der Waals surface area contributed by atoms with Crippen molar-refractivity contribution >= 4 is 33.4 Å². The number of nitrogens with zero attached hydrogens (tertiary/aromatic N) is 1. The smallest absolute Gasteiger partial charge is 0.311 e. The topological polar surface area (TPSA) is 79.3 Å². The van der Waals surface area contributed by atoms with E-state index >= 15 is 0 Å². The molecule has 2 aromatic rings. The van der Waals surface area contributed by atoms with Gasteiger partial charge in [0.2, 0.25) is 5.91 Å². The van der Waals surface area contributed by atoms with Gasteiger partial charge in [-0.25, -0.2) is 4.98 Å². The standard InChI is InChI=1S/C19H20N2O3S/c22-16(20-11-19(9-10-19)18(23)24)12-5-1-2-6-13(12)17-21-14-7-3-4-8-15(14)25-17/h1-4,7-8,12-13H,5-6,9-11H2,(H,20,22)(H,23,24). The Bertz CT molecular complexity index is 820. The summed E-state index contributed by atoms with van der Waals surface area (Å²) >= 11 is 1.65. The fourth-order valence-corrected chi connectivity index (χ4v) is 4.58. The number of carbonyl (C=O) groups is 2. The lowest BCUT2D eigenvalue weighted by atomic mass is 9.82. The Hall–Kier alpha value is -2.21. The first-order valence-corrected chi connectivity index (χ1v) is 9.42. The fourth-order valence-electron chi connectivity index (χ4n) is 3.43. The molecular formula is C19H20N2O3S. The summed E-state index contributed by atoms with van der Waals surface area (Å²) in [5, 5.41) is 13.2. The number of allylic oxidation sites excluding steroid dienone is 2. The van der Waals surface area contributed by atoms with Crippen molar-refractivity contribution in [2.45, 2.75) is 31.6 Å². The number of carboxylic acid groups (broad SMARTS) is 1. The number of aromatic nitrogens is 1. The Morgan fingerprint density at radius 3 is 2.72 bits per heavy atom. The molecule has 1 fully saturated rings. The summed E-state index contributed by atoms with van der Waals surface area (Å²) in [5.74, 6) is -0.988. The monoisotopic (exact) mass is 356 g/mol. The molecule has 2 aliphatic carbocycles. The third kappa shape index (κ3) is 3.06. The van der Waals surface area contributed by atoms with E-state index in [9.17, 15) is 14.7 Å². The van der Waals surface area contributed by atoms with Crippen LogP contribution in [0.4, 0.5) is 0 Å². The highest BCUT2D eigenvalue weighted by Gasteiger charge is 2.50. The molecule has 0 spiro atoms. The lowest BCUT2D eigenvalue weighted by Crippen LogP contribution is -2.40. The Balaban J connectivity index is 1.51. The predicted octanol–water partition coefficient (Wildman–Crippen LogP) is 3.33. The second-order valence-corrected chi connectivity index (χ2v) is 8.04. The first-order valence-electron chi connectivity index (χ1n) is 8.61. The van der Waals surface area contributed by atoms with Crippen molar-refractivity contribution in [1.29, 1.82) is 0 Å². The van der Waals surface area contributed by atoms with Crippen LogP contribution in [0.5, 0.6) is 0 Å². The molecule has 6 heteroatoms. The van der Waals surface area contributed by atoms with Gasteiger partial charge >= 0.3 is 5.97 Å². The largest absolute Gasteiger partial charge is 0.481 e. The summed E-state index contributed by atoms with van der Waals surface area (Å²) in [5.41, 5.74) is 0.241. The van der Waals surface area contributed by atoms with Gasteiger partial charge in [-0.15, -0.1) is 11.3 Å². The molecule has 4 rings (SSSR count). The van der Waals surface area contributed by atoms with Crippen LogP contribution >= 0.6 is 11.3 Å². The molecule has 25 heavy (non-hydrogen) atoms. The van der Waals surface area contributed by atoms with E-state index in [1.807, 2.05) is 30.3 Å². The molecule has 1 aromatic heterocycles. The van der Waals surface area contributed by atoms with Crippen molar-refractivity contribution in [3.05, 3.63) is 41.4 Å². The average molecular weight is 356 g/mol. The number of hydrogen-bond acceptors (Lipinski definition) is 4. The molecule has 0 radical (unpaired) electrons. The molecular weight excluding hydrogens is 336 g/mol. The number of aliphatic carboxylic acids is 1. The van der Waals surface area contributed by atoms with Crippen molar-refractivity contribution < 1.29 is 14.7 Å². The van der Waals surface area contributed by atoms with E-state index in [0.29, 0.717) is 19.3 Å². The van der Waals surface area contributed by atoms with Crippen molar-refractivity contribution in [2.75, 3.05) is 6.54 Å². The molecule has 0 bridgehead atoms. The molecule has 5 nitrogen and oxygen atoms in total. The van der Waals surface area contributed by atoms with Crippen LogP contribution in [0.15, 0.2) is 36.4 Å². The predicted molar refractivity (Wildman–Crippen MR) is 96.5 cm³/mol. The minimum absolute atomic E-state index is 0.0545. The van der Waals surface area contributed by atoms with Gasteiger partial charge in [0.05, 0.1) is 26.6 Å². The van der Waals surface area contributed by atoms with Crippen LogP contribution in [0.25, 0.3) is 10.2 Å². The van der Waals surface area contributed by atoms with E-state index in [0.717, 1.165) is 21.6 Å². The number of amides is 1. The van der Waals surface area contributed by atoms with Gasteiger partial charge < -0.3 is 10.4 Å². The number of nitrogens with one attached hydrogen (secondary N) is 1. The second-order valence-electron chi connectivity index (χ2n) is 6.98. The lowest BCUT2D eigenvalue weighted by molar-refractivity contribution is -0.143. The maximum Gasteiger partial charge on any atom is 0.311 e. The quantitative estimate of drug-likeness (QED) is 0.806. The van der Waals surface area contributed by atoms with Crippen LogP contribution in [0.1, 0.15) is 36.6 Å². The molecule has 2 unspecified atom stereocenters. The summed E-state index contributed by atoms with van der Waals surface area (Å²) in [4.78, 5) is 28.7. The zero-order chi connectivity index (χ0) is 17.4. The maximum absolute atomic E-state index is 12.7. The number of carbonyl (C=O) groups excluding carboxylic acids is 1. The van der Waals surface area contributed by atoms with Crippen LogP contribution in [-0.2, 0) is 9.59 Å². The number of hydrogen-bond donors (Lipinski definition) is 2. The SMILES string of the molecule is O=C(NCC1(C(=O)O)CC1)C1CC=CCC1c1nc2ccccc2s1. The van der Waals surface area contributed by atoms with Crippen LogP contribution in [-0.4, -0.2) is 28.5 Å². The zero-order valence-electron chi connectivity index (χ0n) is 13.8. The molecule has 1 aromatic carbocycles. The van der Waals surface area contributed by atoms with Crippen molar-refractivity contribution in [1.82, 2.24) is 10.3 Å². The van der Waals surface area contributed by atoms with Gasteiger partial charge in [-0.3, -0.25) is 9.59 Å². The molecule has 0 aliphatic heterocycles. The van der Waals surface area contributed by atoms with Crippen LogP contribution in [0, 0.1) is 11.3 Å². The number of thiazole rings is 1. The molecule has 1 heterocycles. The molecule has 0 saturated heterocycles. The highest BCUT2D eigenvalue weighted by molar-refractivity contribution is 7.18. The molecule has 130 valence electrons. The van der Waals surface area contributed by atoms with Gasteiger partial charge in [0.15, 0.2) is 0 Å². The number of para-hydroxylation sites is 1.